The topological polar surface area (TPSA) is 30.2 Å². The molecule has 1 aromatic heterocycles. The van der Waals surface area contributed by atoms with Crippen molar-refractivity contribution in [2.24, 2.45) is 0 Å². The fourth-order valence-electron chi connectivity index (χ4n) is 1.38. The molecule has 2 nitrogen and oxygen atoms in total. The molecule has 13 heavy (non-hydrogen) atoms. The zero-order valence-corrected chi connectivity index (χ0v) is 7.63. The Kier molecular flexibility index (Phi) is 1.69. The summed E-state index contributed by atoms with van der Waals surface area (Å²) in [5.41, 5.74) is 2.19. The van der Waals surface area contributed by atoms with Gasteiger partial charge in [0.1, 0.15) is 5.58 Å². The lowest BCUT2D eigenvalue weighted by Crippen LogP contribution is -2.02. The summed E-state index contributed by atoms with van der Waals surface area (Å²) in [7, 11) is 0. The summed E-state index contributed by atoms with van der Waals surface area (Å²) in [6, 6.07) is 7.57. The van der Waals surface area contributed by atoms with Gasteiger partial charge >= 0.3 is 5.63 Å². The van der Waals surface area contributed by atoms with Gasteiger partial charge in [0, 0.05) is 10.9 Å². The van der Waals surface area contributed by atoms with Crippen LogP contribution in [0.15, 0.2) is 33.5 Å². The van der Waals surface area contributed by atoms with E-state index in [4.69, 9.17) is 4.42 Å². The molecule has 0 aliphatic rings. The minimum atomic E-state index is -0.252. The molecule has 0 aliphatic heterocycles. The van der Waals surface area contributed by atoms with Gasteiger partial charge in [-0.05, 0) is 31.5 Å². The van der Waals surface area contributed by atoms with Crippen molar-refractivity contribution in [3.63, 3.8) is 0 Å². The highest BCUT2D eigenvalue weighted by Crippen LogP contribution is 2.16. The first-order chi connectivity index (χ1) is 6.18. The zero-order valence-electron chi connectivity index (χ0n) is 7.63. The molecule has 0 saturated heterocycles. The van der Waals surface area contributed by atoms with E-state index in [1.165, 1.54) is 0 Å². The van der Waals surface area contributed by atoms with Gasteiger partial charge < -0.3 is 4.42 Å². The summed E-state index contributed by atoms with van der Waals surface area (Å²) in [5.74, 6) is 0. The lowest BCUT2D eigenvalue weighted by atomic mass is 10.1. The SMILES string of the molecule is Cc1cc2c(C)cccc2oc1=O. The van der Waals surface area contributed by atoms with Crippen molar-refractivity contribution in [1.29, 1.82) is 0 Å². The predicted molar refractivity (Wildman–Crippen MR) is 52.0 cm³/mol. The Balaban J connectivity index is 2.97. The molecular weight excluding hydrogens is 164 g/mol. The van der Waals surface area contributed by atoms with Crippen molar-refractivity contribution in [1.82, 2.24) is 0 Å². The summed E-state index contributed by atoms with van der Waals surface area (Å²) in [5, 5.41) is 1.01. The van der Waals surface area contributed by atoms with Crippen LogP contribution in [0.4, 0.5) is 0 Å². The van der Waals surface area contributed by atoms with Crippen LogP contribution in [0, 0.1) is 13.8 Å². The summed E-state index contributed by atoms with van der Waals surface area (Å²) < 4.78 is 5.12. The van der Waals surface area contributed by atoms with Crippen molar-refractivity contribution in [3.05, 3.63) is 45.8 Å². The van der Waals surface area contributed by atoms with Crippen LogP contribution in [-0.4, -0.2) is 0 Å². The molecule has 2 rings (SSSR count). The Hall–Kier alpha value is -1.57. The molecule has 1 heterocycles. The highest BCUT2D eigenvalue weighted by atomic mass is 16.4. The van der Waals surface area contributed by atoms with Crippen LogP contribution in [0.5, 0.6) is 0 Å². The highest BCUT2D eigenvalue weighted by molar-refractivity contribution is 5.80. The second kappa shape index (κ2) is 2.73. The van der Waals surface area contributed by atoms with E-state index in [2.05, 4.69) is 0 Å². The third-order valence-electron chi connectivity index (χ3n) is 2.17. The molecule has 0 aliphatic carbocycles. The van der Waals surface area contributed by atoms with Crippen molar-refractivity contribution in [3.8, 4) is 0 Å². The molecule has 0 atom stereocenters. The normalized spacial score (nSPS) is 10.6. The predicted octanol–water partition coefficient (Wildman–Crippen LogP) is 2.41. The van der Waals surface area contributed by atoms with Crippen LogP contribution >= 0.6 is 0 Å². The fraction of sp³-hybridized carbons (Fsp3) is 0.182. The summed E-state index contributed by atoms with van der Waals surface area (Å²) in [4.78, 5) is 11.2. The van der Waals surface area contributed by atoms with Gasteiger partial charge in [0.15, 0.2) is 0 Å². The Morgan fingerprint density at radius 1 is 1.15 bits per heavy atom. The maximum absolute atomic E-state index is 11.2. The van der Waals surface area contributed by atoms with Crippen molar-refractivity contribution >= 4 is 11.0 Å². The van der Waals surface area contributed by atoms with Gasteiger partial charge in [-0.3, -0.25) is 0 Å². The van der Waals surface area contributed by atoms with Crippen LogP contribution < -0.4 is 5.63 Å². The largest absolute Gasteiger partial charge is 0.423 e. The zero-order chi connectivity index (χ0) is 9.42. The van der Waals surface area contributed by atoms with Gasteiger partial charge in [-0.25, -0.2) is 4.79 Å². The van der Waals surface area contributed by atoms with Crippen LogP contribution in [-0.2, 0) is 0 Å². The van der Waals surface area contributed by atoms with Gasteiger partial charge in [-0.1, -0.05) is 12.1 Å². The van der Waals surface area contributed by atoms with E-state index in [9.17, 15) is 4.79 Å². The summed E-state index contributed by atoms with van der Waals surface area (Å²) in [6.07, 6.45) is 0. The first-order valence-corrected chi connectivity index (χ1v) is 4.18. The number of aryl methyl sites for hydroxylation is 2. The number of rotatable bonds is 0. The smallest absolute Gasteiger partial charge is 0.339 e. The van der Waals surface area contributed by atoms with Gasteiger partial charge in [-0.15, -0.1) is 0 Å². The Morgan fingerprint density at radius 3 is 2.69 bits per heavy atom. The Bertz CT molecular complexity index is 509. The number of fused-ring (bicyclic) bond motifs is 1. The molecule has 1 aromatic carbocycles. The average Bonchev–Trinajstić information content (AvgIpc) is 2.09. The van der Waals surface area contributed by atoms with E-state index in [1.54, 1.807) is 6.92 Å². The van der Waals surface area contributed by atoms with E-state index in [0.717, 1.165) is 10.9 Å². The van der Waals surface area contributed by atoms with Crippen LogP contribution in [0.2, 0.25) is 0 Å². The molecule has 0 N–H and O–H groups in total. The summed E-state index contributed by atoms with van der Waals surface area (Å²) in [6.45, 7) is 3.76. The minimum absolute atomic E-state index is 0.252. The first-order valence-electron chi connectivity index (χ1n) is 4.18. The van der Waals surface area contributed by atoms with E-state index in [-0.39, 0.29) is 5.63 Å². The quantitative estimate of drug-likeness (QED) is 0.574. The van der Waals surface area contributed by atoms with Crippen molar-refractivity contribution in [2.45, 2.75) is 13.8 Å². The van der Waals surface area contributed by atoms with Gasteiger partial charge in [0.05, 0.1) is 0 Å². The number of hydrogen-bond acceptors (Lipinski definition) is 2. The molecule has 0 fully saturated rings. The van der Waals surface area contributed by atoms with E-state index in [0.29, 0.717) is 11.1 Å². The first kappa shape index (κ1) is 8.05. The van der Waals surface area contributed by atoms with E-state index in [1.807, 2.05) is 31.2 Å². The van der Waals surface area contributed by atoms with Gasteiger partial charge in [0.25, 0.3) is 0 Å². The second-order valence-electron chi connectivity index (χ2n) is 3.20. The number of hydrogen-bond donors (Lipinski definition) is 0. The Labute approximate surface area is 75.8 Å². The molecule has 0 bridgehead atoms. The molecule has 2 heteroatoms. The van der Waals surface area contributed by atoms with Crippen molar-refractivity contribution in [2.75, 3.05) is 0 Å². The Morgan fingerprint density at radius 2 is 1.92 bits per heavy atom. The van der Waals surface area contributed by atoms with Crippen LogP contribution in [0.3, 0.4) is 0 Å². The standard InChI is InChI=1S/C11H10O2/c1-7-4-3-5-10-9(7)6-8(2)11(12)13-10/h3-6H,1-2H3. The van der Waals surface area contributed by atoms with Crippen molar-refractivity contribution < 1.29 is 4.42 Å². The molecule has 0 radical (unpaired) electrons. The third kappa shape index (κ3) is 1.24. The maximum atomic E-state index is 11.2. The molecule has 0 spiro atoms. The van der Waals surface area contributed by atoms with Crippen LogP contribution in [0.1, 0.15) is 11.1 Å². The third-order valence-corrected chi connectivity index (χ3v) is 2.17. The summed E-state index contributed by atoms with van der Waals surface area (Å²) >= 11 is 0. The molecule has 0 saturated carbocycles. The molecule has 0 unspecified atom stereocenters. The lowest BCUT2D eigenvalue weighted by molar-refractivity contribution is 0.555. The van der Waals surface area contributed by atoms with E-state index < -0.39 is 0 Å². The number of benzene rings is 1. The monoisotopic (exact) mass is 174 g/mol. The second-order valence-corrected chi connectivity index (χ2v) is 3.20. The maximum Gasteiger partial charge on any atom is 0.339 e. The molecule has 0 amide bonds. The fourth-order valence-corrected chi connectivity index (χ4v) is 1.38. The molecular formula is C11H10O2. The lowest BCUT2D eigenvalue weighted by Gasteiger charge is -2.00. The van der Waals surface area contributed by atoms with E-state index >= 15 is 0 Å². The molecule has 2 aromatic rings. The molecule has 66 valence electrons. The van der Waals surface area contributed by atoms with Crippen LogP contribution in [0.25, 0.3) is 11.0 Å². The minimum Gasteiger partial charge on any atom is -0.423 e. The van der Waals surface area contributed by atoms with Gasteiger partial charge in [0.2, 0.25) is 0 Å². The average molecular weight is 174 g/mol. The van der Waals surface area contributed by atoms with Gasteiger partial charge in [-0.2, -0.15) is 0 Å². The highest BCUT2D eigenvalue weighted by Gasteiger charge is 2.01.